The second kappa shape index (κ2) is 9.46. The van der Waals surface area contributed by atoms with Crippen LogP contribution in [0.5, 0.6) is 5.88 Å². The van der Waals surface area contributed by atoms with E-state index in [0.29, 0.717) is 16.9 Å². The summed E-state index contributed by atoms with van der Waals surface area (Å²) < 4.78 is 71.4. The second-order valence-electron chi connectivity index (χ2n) is 8.15. The Kier molecular flexibility index (Phi) is 6.58. The molecule has 1 aliphatic carbocycles. The molecule has 0 bridgehead atoms. The van der Waals surface area contributed by atoms with Crippen LogP contribution in [0.25, 0.3) is 11.0 Å². The molecule has 1 aliphatic rings. The molecule has 0 atom stereocenters. The van der Waals surface area contributed by atoms with Crippen molar-refractivity contribution in [1.29, 1.82) is 0 Å². The minimum Gasteiger partial charge on any atom is -0.464 e. The highest BCUT2D eigenvalue weighted by Gasteiger charge is 2.45. The molecule has 0 saturated heterocycles. The van der Waals surface area contributed by atoms with E-state index in [1.165, 1.54) is 0 Å². The average molecular weight is 502 g/mol. The van der Waals surface area contributed by atoms with E-state index in [0.717, 1.165) is 5.56 Å². The molecule has 0 unspecified atom stereocenters. The fraction of sp³-hybridized carbons (Fsp3) is 0.450. The number of nitrogens with zero attached hydrogens (tertiary/aromatic N) is 3. The summed E-state index contributed by atoms with van der Waals surface area (Å²) in [5.41, 5.74) is 1.37. The zero-order valence-corrected chi connectivity index (χ0v) is 17.9. The lowest BCUT2D eigenvalue weighted by molar-refractivity contribution is -0.154. The summed E-state index contributed by atoms with van der Waals surface area (Å²) >= 11 is 0. The number of H-pyrrole nitrogens is 1. The average Bonchev–Trinajstić information content (AvgIpc) is 3.39. The van der Waals surface area contributed by atoms with Gasteiger partial charge in [0.25, 0.3) is 11.8 Å². The summed E-state index contributed by atoms with van der Waals surface area (Å²) in [5.74, 6) is -4.51. The molecule has 0 aliphatic heterocycles. The van der Waals surface area contributed by atoms with Gasteiger partial charge in [-0.25, -0.2) is 18.4 Å². The number of alkyl halides is 5. The van der Waals surface area contributed by atoms with Crippen molar-refractivity contribution in [2.75, 3.05) is 6.61 Å². The molecule has 35 heavy (non-hydrogen) atoms. The van der Waals surface area contributed by atoms with Crippen molar-refractivity contribution >= 4 is 22.8 Å². The number of hydrogen-bond donors (Lipinski definition) is 3. The molecule has 10 nitrogen and oxygen atoms in total. The maximum Gasteiger partial charge on any atom is 0.422 e. The molecule has 4 rings (SSSR count). The molecule has 0 radical (unpaired) electrons. The van der Waals surface area contributed by atoms with Gasteiger partial charge in [0, 0.05) is 25.8 Å². The number of carbonyl (C=O) groups is 2. The first-order chi connectivity index (χ1) is 16.5. The van der Waals surface area contributed by atoms with E-state index in [1.54, 1.807) is 18.2 Å². The SMILES string of the molecule is O=C(CC1CC(F)(F)C1)NCc1ccc2nc(CNC(=O)c3nonc3OCC(F)(F)F)[nH]c2c1. The quantitative estimate of drug-likeness (QED) is 0.383. The molecular formula is C20H19F5N6O4. The van der Waals surface area contributed by atoms with Crippen LogP contribution in [0.2, 0.25) is 0 Å². The molecule has 1 fully saturated rings. The maximum absolute atomic E-state index is 12.9. The van der Waals surface area contributed by atoms with Gasteiger partial charge in [-0.2, -0.15) is 13.2 Å². The van der Waals surface area contributed by atoms with Crippen LogP contribution in [0.3, 0.4) is 0 Å². The van der Waals surface area contributed by atoms with Crippen molar-refractivity contribution in [3.05, 3.63) is 35.3 Å². The van der Waals surface area contributed by atoms with Crippen molar-refractivity contribution < 1.29 is 40.9 Å². The molecular weight excluding hydrogens is 483 g/mol. The monoisotopic (exact) mass is 502 g/mol. The molecule has 0 spiro atoms. The van der Waals surface area contributed by atoms with Crippen LogP contribution in [-0.4, -0.2) is 50.8 Å². The first-order valence-corrected chi connectivity index (χ1v) is 10.4. The van der Waals surface area contributed by atoms with Gasteiger partial charge in [-0.1, -0.05) is 6.07 Å². The third-order valence-electron chi connectivity index (χ3n) is 5.20. The fourth-order valence-corrected chi connectivity index (χ4v) is 3.58. The van der Waals surface area contributed by atoms with E-state index < -0.39 is 36.2 Å². The Labute approximate surface area is 193 Å². The normalized spacial score (nSPS) is 15.6. The summed E-state index contributed by atoms with van der Waals surface area (Å²) in [6, 6.07) is 5.15. The summed E-state index contributed by atoms with van der Waals surface area (Å²) in [4.78, 5) is 31.5. The van der Waals surface area contributed by atoms with E-state index in [4.69, 9.17) is 0 Å². The van der Waals surface area contributed by atoms with Crippen molar-refractivity contribution in [3.8, 4) is 5.88 Å². The zero-order valence-electron chi connectivity index (χ0n) is 17.9. The van der Waals surface area contributed by atoms with E-state index in [-0.39, 0.29) is 44.2 Å². The predicted molar refractivity (Wildman–Crippen MR) is 107 cm³/mol. The van der Waals surface area contributed by atoms with Gasteiger partial charge in [-0.05, 0) is 33.9 Å². The third-order valence-corrected chi connectivity index (χ3v) is 5.20. The number of carbonyl (C=O) groups excluding carboxylic acids is 2. The molecule has 2 amide bonds. The van der Waals surface area contributed by atoms with Gasteiger partial charge in [0.1, 0.15) is 5.82 Å². The second-order valence-corrected chi connectivity index (χ2v) is 8.15. The van der Waals surface area contributed by atoms with Crippen molar-refractivity contribution in [2.24, 2.45) is 5.92 Å². The lowest BCUT2D eigenvalue weighted by Gasteiger charge is -2.34. The number of hydrogen-bond acceptors (Lipinski definition) is 7. The van der Waals surface area contributed by atoms with Crippen LogP contribution in [0.1, 0.15) is 41.1 Å². The lowest BCUT2D eigenvalue weighted by Crippen LogP contribution is -2.38. The van der Waals surface area contributed by atoms with Crippen LogP contribution in [-0.2, 0) is 17.9 Å². The number of aromatic nitrogens is 4. The number of halogens is 5. The van der Waals surface area contributed by atoms with Crippen molar-refractivity contribution in [1.82, 2.24) is 30.9 Å². The molecule has 2 aromatic heterocycles. The molecule has 3 aromatic rings. The number of benzene rings is 1. The summed E-state index contributed by atoms with van der Waals surface area (Å²) in [7, 11) is 0. The molecule has 15 heteroatoms. The first kappa shape index (κ1) is 24.3. The fourth-order valence-electron chi connectivity index (χ4n) is 3.58. The minimum absolute atomic E-state index is 0.0513. The Morgan fingerprint density at radius 2 is 1.94 bits per heavy atom. The van der Waals surface area contributed by atoms with E-state index >= 15 is 0 Å². The van der Waals surface area contributed by atoms with Crippen LogP contribution < -0.4 is 15.4 Å². The summed E-state index contributed by atoms with van der Waals surface area (Å²) in [6.07, 6.45) is -5.11. The van der Waals surface area contributed by atoms with Crippen molar-refractivity contribution in [3.63, 3.8) is 0 Å². The standard InChI is InChI=1S/C20H19F5N6O4/c21-19(22)5-11(6-19)4-15(32)26-7-10-1-2-12-13(3-10)29-14(28-12)8-27-17(33)16-18(31-35-30-16)34-9-20(23,24)25/h1-3,11H,4-9H2,(H,26,32)(H,27,33)(H,28,29). The Morgan fingerprint density at radius 1 is 1.17 bits per heavy atom. The van der Waals surface area contributed by atoms with Gasteiger partial charge in [0.05, 0.1) is 17.6 Å². The Balaban J connectivity index is 1.29. The highest BCUT2D eigenvalue weighted by molar-refractivity contribution is 5.94. The van der Waals surface area contributed by atoms with Crippen LogP contribution >= 0.6 is 0 Å². The highest BCUT2D eigenvalue weighted by Crippen LogP contribution is 2.43. The van der Waals surface area contributed by atoms with E-state index in [2.05, 4.69) is 40.3 Å². The molecule has 2 heterocycles. The largest absolute Gasteiger partial charge is 0.464 e. The maximum atomic E-state index is 12.9. The number of amides is 2. The van der Waals surface area contributed by atoms with Gasteiger partial charge in [0.2, 0.25) is 17.5 Å². The van der Waals surface area contributed by atoms with E-state index in [1.807, 2.05) is 0 Å². The number of fused-ring (bicyclic) bond motifs is 1. The zero-order chi connectivity index (χ0) is 25.2. The number of nitrogens with one attached hydrogen (secondary N) is 3. The summed E-state index contributed by atoms with van der Waals surface area (Å²) in [6.45, 7) is -1.58. The van der Waals surface area contributed by atoms with Crippen LogP contribution in [0, 0.1) is 5.92 Å². The highest BCUT2D eigenvalue weighted by atomic mass is 19.4. The Bertz CT molecular complexity index is 1220. The molecule has 188 valence electrons. The molecule has 1 saturated carbocycles. The molecule has 3 N–H and O–H groups in total. The van der Waals surface area contributed by atoms with Crippen LogP contribution in [0.4, 0.5) is 22.0 Å². The number of rotatable bonds is 9. The van der Waals surface area contributed by atoms with Gasteiger partial charge >= 0.3 is 6.18 Å². The van der Waals surface area contributed by atoms with Gasteiger partial charge in [0.15, 0.2) is 6.61 Å². The smallest absolute Gasteiger partial charge is 0.422 e. The van der Waals surface area contributed by atoms with Gasteiger partial charge in [-0.3, -0.25) is 9.59 Å². The Hall–Kier alpha value is -3.78. The Morgan fingerprint density at radius 3 is 2.66 bits per heavy atom. The first-order valence-electron chi connectivity index (χ1n) is 10.4. The van der Waals surface area contributed by atoms with Gasteiger partial charge < -0.3 is 20.4 Å². The topological polar surface area (TPSA) is 135 Å². The third kappa shape index (κ3) is 6.42. The van der Waals surface area contributed by atoms with E-state index in [9.17, 15) is 31.5 Å². The minimum atomic E-state index is -4.63. The lowest BCUT2D eigenvalue weighted by atomic mass is 9.79. The number of imidazole rings is 1. The number of ether oxygens (including phenoxy) is 1. The number of aromatic amines is 1. The predicted octanol–water partition coefficient (Wildman–Crippen LogP) is 2.87. The van der Waals surface area contributed by atoms with Crippen LogP contribution in [0.15, 0.2) is 22.8 Å². The summed E-state index contributed by atoms with van der Waals surface area (Å²) in [5, 5.41) is 11.5. The van der Waals surface area contributed by atoms with Crippen molar-refractivity contribution in [2.45, 2.75) is 44.5 Å². The van der Waals surface area contributed by atoms with Gasteiger partial charge in [-0.15, -0.1) is 0 Å². The molecule has 1 aromatic carbocycles.